The summed E-state index contributed by atoms with van der Waals surface area (Å²) in [6.45, 7) is 0. The van der Waals surface area contributed by atoms with Crippen LogP contribution < -0.4 is 15.0 Å². The number of halogens is 3. The fourth-order valence-corrected chi connectivity index (χ4v) is 1.07. The highest BCUT2D eigenvalue weighted by molar-refractivity contribution is 5.93. The van der Waals surface area contributed by atoms with E-state index in [1.807, 2.05) is 0 Å². The van der Waals surface area contributed by atoms with Crippen molar-refractivity contribution in [3.05, 3.63) is 22.0 Å². The molecule has 0 atom stereocenters. The number of carbonyl (C=O) groups is 1. The Labute approximate surface area is 91.6 Å². The van der Waals surface area contributed by atoms with Crippen LogP contribution in [0.2, 0.25) is 0 Å². The van der Waals surface area contributed by atoms with Gasteiger partial charge in [-0.1, -0.05) is 0 Å². The average Bonchev–Trinajstić information content (AvgIpc) is 2.12. The van der Waals surface area contributed by atoms with E-state index in [1.54, 1.807) is 4.98 Å². The lowest BCUT2D eigenvalue weighted by Crippen LogP contribution is -2.23. The third kappa shape index (κ3) is 3.13. The zero-order chi connectivity index (χ0) is 13.2. The minimum absolute atomic E-state index is 0.527. The normalized spacial score (nSPS) is 11.1. The van der Waals surface area contributed by atoms with Gasteiger partial charge in [0, 0.05) is 6.07 Å². The molecule has 0 aliphatic rings. The van der Waals surface area contributed by atoms with Gasteiger partial charge >= 0.3 is 12.3 Å². The summed E-state index contributed by atoms with van der Waals surface area (Å²) in [6.07, 6.45) is -5.13. The first kappa shape index (κ1) is 12.9. The Hall–Kier alpha value is -2.19. The number of H-pyrrole nitrogens is 1. The summed E-state index contributed by atoms with van der Waals surface area (Å²) in [6, 6.07) is 0.701. The molecule has 0 saturated carbocycles. The van der Waals surface area contributed by atoms with E-state index >= 15 is 0 Å². The number of ether oxygens (including phenoxy) is 2. The largest absolute Gasteiger partial charge is 0.574 e. The Kier molecular flexibility index (Phi) is 3.30. The van der Waals surface area contributed by atoms with Gasteiger partial charge < -0.3 is 14.6 Å². The minimum Gasteiger partial charge on any atom is -0.495 e. The van der Waals surface area contributed by atoms with Crippen molar-refractivity contribution in [1.29, 1.82) is 0 Å². The Balaban J connectivity index is 3.41. The van der Waals surface area contributed by atoms with Crippen molar-refractivity contribution in [2.24, 2.45) is 0 Å². The molecule has 0 spiro atoms. The standard InChI is InChI=1S/C8H6F3NO5/c1-16-3-2-4(13)12-6(5(3)7(14)15)17-8(9,10)11/h2H,1H3,(H,12,13)(H,14,15). The fourth-order valence-electron chi connectivity index (χ4n) is 1.07. The third-order valence-corrected chi connectivity index (χ3v) is 1.62. The lowest BCUT2D eigenvalue weighted by atomic mass is 10.2. The maximum absolute atomic E-state index is 12.0. The predicted octanol–water partition coefficient (Wildman–Crippen LogP) is 0.980. The molecule has 0 fully saturated rings. The summed E-state index contributed by atoms with van der Waals surface area (Å²) in [7, 11) is 1.01. The van der Waals surface area contributed by atoms with Gasteiger partial charge in [-0.25, -0.2) is 4.79 Å². The third-order valence-electron chi connectivity index (χ3n) is 1.62. The number of aromatic carboxylic acids is 1. The topological polar surface area (TPSA) is 88.6 Å². The number of nitrogens with one attached hydrogen (secondary N) is 1. The number of carboxylic acids is 1. The molecule has 0 aromatic carbocycles. The Morgan fingerprint density at radius 3 is 2.47 bits per heavy atom. The van der Waals surface area contributed by atoms with E-state index in [1.165, 1.54) is 0 Å². The van der Waals surface area contributed by atoms with Gasteiger partial charge in [0.2, 0.25) is 5.88 Å². The molecule has 0 aliphatic carbocycles. The number of hydrogen-bond donors (Lipinski definition) is 2. The van der Waals surface area contributed by atoms with Crippen LogP contribution in [-0.4, -0.2) is 29.5 Å². The molecular weight excluding hydrogens is 247 g/mol. The number of pyridine rings is 1. The van der Waals surface area contributed by atoms with Gasteiger partial charge in [-0.3, -0.25) is 9.78 Å². The maximum Gasteiger partial charge on any atom is 0.574 e. The van der Waals surface area contributed by atoms with Crippen LogP contribution in [-0.2, 0) is 0 Å². The smallest absolute Gasteiger partial charge is 0.495 e. The zero-order valence-electron chi connectivity index (χ0n) is 8.29. The molecule has 0 unspecified atom stereocenters. The van der Waals surface area contributed by atoms with Gasteiger partial charge in [-0.2, -0.15) is 0 Å². The van der Waals surface area contributed by atoms with E-state index in [2.05, 4.69) is 9.47 Å². The highest BCUT2D eigenvalue weighted by atomic mass is 19.4. The van der Waals surface area contributed by atoms with Crippen molar-refractivity contribution in [3.8, 4) is 11.6 Å². The summed E-state index contributed by atoms with van der Waals surface area (Å²) >= 11 is 0. The van der Waals surface area contributed by atoms with Gasteiger partial charge in [-0.05, 0) is 0 Å². The molecule has 94 valence electrons. The number of aromatic nitrogens is 1. The number of rotatable bonds is 3. The lowest BCUT2D eigenvalue weighted by Gasteiger charge is -2.12. The molecule has 2 N–H and O–H groups in total. The fraction of sp³-hybridized carbons (Fsp3) is 0.250. The van der Waals surface area contributed by atoms with Crippen LogP contribution in [0, 0.1) is 0 Å². The molecule has 6 nitrogen and oxygen atoms in total. The summed E-state index contributed by atoms with van der Waals surface area (Å²) in [5, 5.41) is 8.72. The second kappa shape index (κ2) is 4.36. The van der Waals surface area contributed by atoms with Crippen molar-refractivity contribution in [2.75, 3.05) is 7.11 Å². The highest BCUT2D eigenvalue weighted by Gasteiger charge is 2.34. The van der Waals surface area contributed by atoms with E-state index < -0.39 is 35.1 Å². The van der Waals surface area contributed by atoms with E-state index in [9.17, 15) is 22.8 Å². The van der Waals surface area contributed by atoms with Gasteiger partial charge in [0.15, 0.2) is 5.56 Å². The second-order valence-electron chi connectivity index (χ2n) is 2.76. The lowest BCUT2D eigenvalue weighted by molar-refractivity contribution is -0.276. The zero-order valence-corrected chi connectivity index (χ0v) is 8.29. The van der Waals surface area contributed by atoms with E-state index in [0.29, 0.717) is 6.07 Å². The highest BCUT2D eigenvalue weighted by Crippen LogP contribution is 2.28. The molecule has 0 amide bonds. The summed E-state index contributed by atoms with van der Waals surface area (Å²) in [4.78, 5) is 23.3. The van der Waals surface area contributed by atoms with Crippen molar-refractivity contribution in [1.82, 2.24) is 4.98 Å². The van der Waals surface area contributed by atoms with Gasteiger partial charge in [0.25, 0.3) is 5.56 Å². The van der Waals surface area contributed by atoms with Crippen LogP contribution in [0.15, 0.2) is 10.9 Å². The van der Waals surface area contributed by atoms with E-state index in [0.717, 1.165) is 7.11 Å². The molecule has 1 aromatic heterocycles. The maximum atomic E-state index is 12.0. The first-order valence-electron chi connectivity index (χ1n) is 4.05. The quantitative estimate of drug-likeness (QED) is 0.838. The van der Waals surface area contributed by atoms with Crippen molar-refractivity contribution < 1.29 is 32.5 Å². The molecule has 0 aliphatic heterocycles. The molecule has 0 radical (unpaired) electrons. The van der Waals surface area contributed by atoms with Crippen LogP contribution >= 0.6 is 0 Å². The first-order chi connectivity index (χ1) is 7.74. The van der Waals surface area contributed by atoms with Gasteiger partial charge in [0.1, 0.15) is 5.75 Å². The number of methoxy groups -OCH3 is 1. The van der Waals surface area contributed by atoms with Crippen LogP contribution in [0.25, 0.3) is 0 Å². The molecule has 17 heavy (non-hydrogen) atoms. The van der Waals surface area contributed by atoms with Crippen molar-refractivity contribution in [2.45, 2.75) is 6.36 Å². The predicted molar refractivity (Wildman–Crippen MR) is 47.3 cm³/mol. The molecule has 9 heteroatoms. The Bertz CT molecular complexity index is 493. The molecular formula is C8H6F3NO5. The monoisotopic (exact) mass is 253 g/mol. The second-order valence-corrected chi connectivity index (χ2v) is 2.76. The SMILES string of the molecule is COc1cc(=O)[nH]c(OC(F)(F)F)c1C(=O)O. The average molecular weight is 253 g/mol. The molecule has 0 saturated heterocycles. The van der Waals surface area contributed by atoms with Crippen LogP contribution in [0.1, 0.15) is 10.4 Å². The molecule has 1 aromatic rings. The first-order valence-corrected chi connectivity index (χ1v) is 4.05. The van der Waals surface area contributed by atoms with Gasteiger partial charge in [-0.15, -0.1) is 13.2 Å². The number of aromatic amines is 1. The van der Waals surface area contributed by atoms with E-state index in [4.69, 9.17) is 5.11 Å². The summed E-state index contributed by atoms with van der Waals surface area (Å²) in [5.74, 6) is -3.48. The van der Waals surface area contributed by atoms with Crippen molar-refractivity contribution in [3.63, 3.8) is 0 Å². The summed E-state index contributed by atoms with van der Waals surface area (Å²) in [5.41, 5.74) is -1.89. The van der Waals surface area contributed by atoms with Crippen LogP contribution in [0.3, 0.4) is 0 Å². The van der Waals surface area contributed by atoms with Crippen molar-refractivity contribution >= 4 is 5.97 Å². The Morgan fingerprint density at radius 2 is 2.06 bits per heavy atom. The molecule has 1 heterocycles. The summed E-state index contributed by atoms with van der Waals surface area (Å²) < 4.78 is 43.8. The molecule has 0 bridgehead atoms. The Morgan fingerprint density at radius 1 is 1.47 bits per heavy atom. The number of carboxylic acid groups (broad SMARTS) is 1. The minimum atomic E-state index is -5.13. The van der Waals surface area contributed by atoms with Gasteiger partial charge in [0.05, 0.1) is 7.11 Å². The number of hydrogen-bond acceptors (Lipinski definition) is 4. The van der Waals surface area contributed by atoms with Crippen LogP contribution in [0.4, 0.5) is 13.2 Å². The van der Waals surface area contributed by atoms with E-state index in [-0.39, 0.29) is 0 Å². The van der Waals surface area contributed by atoms with Crippen LogP contribution in [0.5, 0.6) is 11.6 Å². The number of alkyl halides is 3. The molecule has 1 rings (SSSR count).